The summed E-state index contributed by atoms with van der Waals surface area (Å²) in [5.74, 6) is 1.69. The van der Waals surface area contributed by atoms with Crippen molar-refractivity contribution in [3.05, 3.63) is 59.2 Å². The fourth-order valence-electron chi connectivity index (χ4n) is 3.89. The molecule has 22 heavy (non-hydrogen) atoms. The summed E-state index contributed by atoms with van der Waals surface area (Å²) in [6.07, 6.45) is 5.65. The van der Waals surface area contributed by atoms with Crippen molar-refractivity contribution in [2.24, 2.45) is 0 Å². The maximum Gasteiger partial charge on any atom is 0.115 e. The molecule has 1 aliphatic rings. The second-order valence-corrected chi connectivity index (χ2v) is 6.37. The molecule has 116 valence electrons. The lowest BCUT2D eigenvalue weighted by Crippen LogP contribution is -2.11. The number of hydrogen-bond acceptors (Lipinski definition) is 2. The molecule has 2 nitrogen and oxygen atoms in total. The molecule has 0 spiro atoms. The van der Waals surface area contributed by atoms with Crippen LogP contribution in [0.1, 0.15) is 61.1 Å². The second kappa shape index (κ2) is 6.43. The Morgan fingerprint density at radius 3 is 2.45 bits per heavy atom. The quantitative estimate of drug-likeness (QED) is 0.773. The van der Waals surface area contributed by atoms with Gasteiger partial charge >= 0.3 is 0 Å². The van der Waals surface area contributed by atoms with Crippen molar-refractivity contribution in [3.8, 4) is 11.5 Å². The number of rotatable bonds is 3. The maximum absolute atomic E-state index is 9.78. The molecular weight excluding hydrogens is 272 g/mol. The van der Waals surface area contributed by atoms with Crippen molar-refractivity contribution in [1.29, 1.82) is 0 Å². The highest BCUT2D eigenvalue weighted by Crippen LogP contribution is 2.44. The zero-order valence-corrected chi connectivity index (χ0v) is 13.1. The van der Waals surface area contributed by atoms with Crippen LogP contribution in [-0.4, -0.2) is 10.2 Å². The predicted molar refractivity (Wildman–Crippen MR) is 89.5 cm³/mol. The van der Waals surface area contributed by atoms with E-state index in [-0.39, 0.29) is 0 Å². The molecule has 0 aliphatic heterocycles. The van der Waals surface area contributed by atoms with E-state index < -0.39 is 0 Å². The fourth-order valence-corrected chi connectivity index (χ4v) is 3.89. The highest BCUT2D eigenvalue weighted by atomic mass is 16.3. The first-order chi connectivity index (χ1) is 10.7. The van der Waals surface area contributed by atoms with Crippen LogP contribution in [-0.2, 0) is 6.42 Å². The molecule has 0 radical (unpaired) electrons. The third-order valence-electron chi connectivity index (χ3n) is 4.89. The number of aryl methyl sites for hydroxylation is 1. The number of fused-ring (bicyclic) bond motifs is 1. The van der Waals surface area contributed by atoms with Gasteiger partial charge in [0.05, 0.1) is 0 Å². The minimum atomic E-state index is 0.328. The number of benzene rings is 2. The maximum atomic E-state index is 9.78. The van der Waals surface area contributed by atoms with Crippen LogP contribution in [0, 0.1) is 0 Å². The van der Waals surface area contributed by atoms with Crippen LogP contribution in [0.2, 0.25) is 0 Å². The molecule has 2 aromatic carbocycles. The van der Waals surface area contributed by atoms with Gasteiger partial charge in [0.15, 0.2) is 0 Å². The fraction of sp³-hybridized carbons (Fsp3) is 0.400. The van der Waals surface area contributed by atoms with Crippen LogP contribution in [0.3, 0.4) is 0 Å². The van der Waals surface area contributed by atoms with Crippen molar-refractivity contribution in [3.63, 3.8) is 0 Å². The summed E-state index contributed by atoms with van der Waals surface area (Å²) in [4.78, 5) is 0. The Balaban J connectivity index is 2.02. The van der Waals surface area contributed by atoms with Gasteiger partial charge < -0.3 is 10.2 Å². The summed E-state index contributed by atoms with van der Waals surface area (Å²) in [7, 11) is 0. The van der Waals surface area contributed by atoms with Gasteiger partial charge in [-0.3, -0.25) is 0 Å². The van der Waals surface area contributed by atoms with Crippen LogP contribution in [0.15, 0.2) is 42.5 Å². The molecule has 0 aromatic heterocycles. The van der Waals surface area contributed by atoms with Crippen molar-refractivity contribution >= 4 is 0 Å². The van der Waals surface area contributed by atoms with Crippen LogP contribution < -0.4 is 0 Å². The smallest absolute Gasteiger partial charge is 0.115 e. The van der Waals surface area contributed by atoms with E-state index in [9.17, 15) is 10.2 Å². The molecule has 2 unspecified atom stereocenters. The molecule has 0 saturated heterocycles. The average molecular weight is 296 g/mol. The van der Waals surface area contributed by atoms with Crippen LogP contribution in [0.5, 0.6) is 11.5 Å². The minimum Gasteiger partial charge on any atom is -0.508 e. The zero-order valence-electron chi connectivity index (χ0n) is 13.1. The second-order valence-electron chi connectivity index (χ2n) is 6.37. The SMILES string of the molecule is CCCC1c2ccc(O)cc2CCCC1c1ccc(O)cc1. The Hall–Kier alpha value is -1.96. The van der Waals surface area contributed by atoms with E-state index >= 15 is 0 Å². The lowest BCUT2D eigenvalue weighted by atomic mass is 9.77. The van der Waals surface area contributed by atoms with E-state index in [1.54, 1.807) is 12.1 Å². The van der Waals surface area contributed by atoms with Gasteiger partial charge in [-0.2, -0.15) is 0 Å². The van der Waals surface area contributed by atoms with Crippen LogP contribution in [0.4, 0.5) is 0 Å². The highest BCUT2D eigenvalue weighted by Gasteiger charge is 2.28. The molecule has 0 amide bonds. The van der Waals surface area contributed by atoms with E-state index in [2.05, 4.69) is 25.1 Å². The normalized spacial score (nSPS) is 21.1. The highest BCUT2D eigenvalue weighted by molar-refractivity contribution is 5.41. The first-order valence-corrected chi connectivity index (χ1v) is 8.29. The Kier molecular flexibility index (Phi) is 4.37. The van der Waals surface area contributed by atoms with Gasteiger partial charge in [-0.1, -0.05) is 31.5 Å². The number of aromatic hydroxyl groups is 2. The summed E-state index contributed by atoms with van der Waals surface area (Å²) >= 11 is 0. The first kappa shape index (κ1) is 15.0. The monoisotopic (exact) mass is 296 g/mol. The van der Waals surface area contributed by atoms with Gasteiger partial charge in [0, 0.05) is 0 Å². The average Bonchev–Trinajstić information content (AvgIpc) is 2.68. The summed E-state index contributed by atoms with van der Waals surface area (Å²) in [6.45, 7) is 2.23. The lowest BCUT2D eigenvalue weighted by molar-refractivity contribution is 0.465. The molecule has 1 aliphatic carbocycles. The third-order valence-corrected chi connectivity index (χ3v) is 4.89. The van der Waals surface area contributed by atoms with Crippen molar-refractivity contribution < 1.29 is 10.2 Å². The molecule has 0 heterocycles. The van der Waals surface area contributed by atoms with Gasteiger partial charge in [0.2, 0.25) is 0 Å². The Bertz CT molecular complexity index is 631. The van der Waals surface area contributed by atoms with E-state index in [4.69, 9.17) is 0 Å². The summed E-state index contributed by atoms with van der Waals surface area (Å²) in [5, 5.41) is 19.3. The Labute approximate surface area is 132 Å². The van der Waals surface area contributed by atoms with Gasteiger partial charge in [-0.05, 0) is 78.5 Å². The molecule has 0 bridgehead atoms. The van der Waals surface area contributed by atoms with Crippen molar-refractivity contribution in [2.45, 2.75) is 50.9 Å². The molecule has 0 fully saturated rings. The van der Waals surface area contributed by atoms with E-state index in [0.717, 1.165) is 32.1 Å². The first-order valence-electron chi connectivity index (χ1n) is 8.29. The number of hydrogen-bond donors (Lipinski definition) is 2. The summed E-state index contributed by atoms with van der Waals surface area (Å²) in [6, 6.07) is 13.6. The minimum absolute atomic E-state index is 0.328. The van der Waals surface area contributed by atoms with Crippen LogP contribution >= 0.6 is 0 Å². The molecular formula is C20H24O2. The third kappa shape index (κ3) is 2.96. The lowest BCUT2D eigenvalue weighted by Gasteiger charge is -2.27. The van der Waals surface area contributed by atoms with Crippen molar-refractivity contribution in [1.82, 2.24) is 0 Å². The van der Waals surface area contributed by atoms with E-state index in [1.807, 2.05) is 12.1 Å². The molecule has 0 saturated carbocycles. The predicted octanol–water partition coefficient (Wildman–Crippen LogP) is 5.10. The molecule has 2 aromatic rings. The standard InChI is InChI=1S/C20H24O2/c1-2-4-20-18(14-7-9-16(21)10-8-14)6-3-5-15-13-17(22)11-12-19(15)20/h7-13,18,20-22H,2-6H2,1H3. The number of phenolic OH excluding ortho intramolecular Hbond substituents is 2. The topological polar surface area (TPSA) is 40.5 Å². The molecule has 2 heteroatoms. The van der Waals surface area contributed by atoms with Gasteiger partial charge in [0.25, 0.3) is 0 Å². The largest absolute Gasteiger partial charge is 0.508 e. The Morgan fingerprint density at radius 1 is 1.00 bits per heavy atom. The Morgan fingerprint density at radius 2 is 1.73 bits per heavy atom. The number of phenols is 2. The van der Waals surface area contributed by atoms with E-state index in [0.29, 0.717) is 23.3 Å². The van der Waals surface area contributed by atoms with Gasteiger partial charge in [0.1, 0.15) is 11.5 Å². The van der Waals surface area contributed by atoms with Crippen molar-refractivity contribution in [2.75, 3.05) is 0 Å². The zero-order chi connectivity index (χ0) is 15.5. The molecule has 3 rings (SSSR count). The summed E-state index contributed by atoms with van der Waals surface area (Å²) in [5.41, 5.74) is 4.02. The molecule has 2 N–H and O–H groups in total. The van der Waals surface area contributed by atoms with Crippen LogP contribution in [0.25, 0.3) is 0 Å². The van der Waals surface area contributed by atoms with Gasteiger partial charge in [-0.25, -0.2) is 0 Å². The van der Waals surface area contributed by atoms with E-state index in [1.165, 1.54) is 16.7 Å². The van der Waals surface area contributed by atoms with Gasteiger partial charge in [-0.15, -0.1) is 0 Å². The summed E-state index contributed by atoms with van der Waals surface area (Å²) < 4.78 is 0. The molecule has 2 atom stereocenters.